The van der Waals surface area contributed by atoms with Crippen LogP contribution in [0.3, 0.4) is 0 Å². The van der Waals surface area contributed by atoms with Gasteiger partial charge < -0.3 is 15.6 Å². The predicted octanol–water partition coefficient (Wildman–Crippen LogP) is 3.16. The number of nitrogen functional groups attached to an aromatic ring is 1. The molecule has 1 aromatic carbocycles. The molecule has 0 fully saturated rings. The van der Waals surface area contributed by atoms with Crippen LogP contribution >= 0.6 is 0 Å². The average molecular weight is 315 g/mol. The highest BCUT2D eigenvalue weighted by Gasteiger charge is 2.21. The average Bonchev–Trinajstić information content (AvgIpc) is 2.46. The van der Waals surface area contributed by atoms with Gasteiger partial charge in [-0.1, -0.05) is 26.0 Å². The predicted molar refractivity (Wildman–Crippen MR) is 88.5 cm³/mol. The number of nitrogens with zero attached hydrogens (tertiary/aromatic N) is 2. The number of aromatic nitrogens is 2. The van der Waals surface area contributed by atoms with Crippen molar-refractivity contribution in [1.29, 1.82) is 0 Å². The van der Waals surface area contributed by atoms with Crippen LogP contribution in [0.15, 0.2) is 24.3 Å². The molecule has 0 atom stereocenters. The highest BCUT2D eigenvalue weighted by molar-refractivity contribution is 5.96. The van der Waals surface area contributed by atoms with Gasteiger partial charge in [-0.25, -0.2) is 14.8 Å². The van der Waals surface area contributed by atoms with Crippen molar-refractivity contribution >= 4 is 11.9 Å². The molecule has 2 rings (SSSR count). The molecule has 0 saturated heterocycles. The number of carboxylic acid groups (broad SMARTS) is 1. The zero-order chi connectivity index (χ0) is 17.0. The van der Waals surface area contributed by atoms with E-state index in [9.17, 15) is 9.90 Å². The van der Waals surface area contributed by atoms with Crippen LogP contribution in [-0.4, -0.2) is 27.7 Å². The largest absolute Gasteiger partial charge is 0.493 e. The minimum absolute atomic E-state index is 0.0408. The zero-order valence-electron chi connectivity index (χ0n) is 13.5. The molecule has 0 unspecified atom stereocenters. The van der Waals surface area contributed by atoms with Crippen molar-refractivity contribution in [3.8, 4) is 17.0 Å². The van der Waals surface area contributed by atoms with Crippen molar-refractivity contribution in [3.05, 3.63) is 35.5 Å². The molecule has 0 spiro atoms. The van der Waals surface area contributed by atoms with Crippen LogP contribution in [-0.2, 0) is 0 Å². The van der Waals surface area contributed by atoms with Gasteiger partial charge in [0.1, 0.15) is 11.3 Å². The van der Waals surface area contributed by atoms with E-state index in [1.165, 1.54) is 0 Å². The van der Waals surface area contributed by atoms with Gasteiger partial charge in [-0.05, 0) is 31.4 Å². The molecule has 0 bridgehead atoms. The molecule has 2 aromatic rings. The normalized spacial score (nSPS) is 10.8. The standard InChI is InChI=1S/C17H21N3O3/c1-10(2)8-9-23-13-7-5-4-6-12(13)15-14(16(21)22)11(3)19-17(18)20-15/h4-7,10H,8-9H2,1-3H3,(H,21,22)(H2,18,19,20). The molecule has 0 saturated carbocycles. The second kappa shape index (κ2) is 7.09. The van der Waals surface area contributed by atoms with E-state index in [1.807, 2.05) is 12.1 Å². The molecule has 1 aromatic heterocycles. The molecule has 3 N–H and O–H groups in total. The second-order valence-corrected chi connectivity index (χ2v) is 5.72. The lowest BCUT2D eigenvalue weighted by molar-refractivity contribution is 0.0696. The van der Waals surface area contributed by atoms with Crippen LogP contribution in [0, 0.1) is 12.8 Å². The van der Waals surface area contributed by atoms with Gasteiger partial charge in [-0.2, -0.15) is 0 Å². The molecule has 0 amide bonds. The van der Waals surface area contributed by atoms with Crippen molar-refractivity contribution < 1.29 is 14.6 Å². The summed E-state index contributed by atoms with van der Waals surface area (Å²) in [7, 11) is 0. The Balaban J connectivity index is 2.48. The van der Waals surface area contributed by atoms with Gasteiger partial charge in [-0.15, -0.1) is 0 Å². The third-order valence-corrected chi connectivity index (χ3v) is 3.42. The first-order valence-electron chi connectivity index (χ1n) is 7.49. The fourth-order valence-corrected chi connectivity index (χ4v) is 2.24. The van der Waals surface area contributed by atoms with Gasteiger partial charge in [0, 0.05) is 5.56 Å². The number of para-hydroxylation sites is 1. The summed E-state index contributed by atoms with van der Waals surface area (Å²) >= 11 is 0. The molecule has 0 radical (unpaired) electrons. The summed E-state index contributed by atoms with van der Waals surface area (Å²) in [5.41, 5.74) is 6.95. The first kappa shape index (κ1) is 16.7. The molecule has 23 heavy (non-hydrogen) atoms. The number of nitrogens with two attached hydrogens (primary N) is 1. The zero-order valence-corrected chi connectivity index (χ0v) is 13.5. The van der Waals surface area contributed by atoms with Gasteiger partial charge in [-0.3, -0.25) is 0 Å². The van der Waals surface area contributed by atoms with E-state index in [4.69, 9.17) is 10.5 Å². The second-order valence-electron chi connectivity index (χ2n) is 5.72. The van der Waals surface area contributed by atoms with Gasteiger partial charge in [0.05, 0.1) is 18.0 Å². The van der Waals surface area contributed by atoms with Crippen LogP contribution in [0.4, 0.5) is 5.95 Å². The highest BCUT2D eigenvalue weighted by atomic mass is 16.5. The molecule has 6 nitrogen and oxygen atoms in total. The number of carboxylic acids is 1. The van der Waals surface area contributed by atoms with E-state index < -0.39 is 5.97 Å². The van der Waals surface area contributed by atoms with E-state index in [1.54, 1.807) is 19.1 Å². The van der Waals surface area contributed by atoms with Gasteiger partial charge >= 0.3 is 5.97 Å². The fourth-order valence-electron chi connectivity index (χ4n) is 2.24. The molecule has 122 valence electrons. The number of aromatic carboxylic acids is 1. The van der Waals surface area contributed by atoms with E-state index in [2.05, 4.69) is 23.8 Å². The van der Waals surface area contributed by atoms with E-state index in [-0.39, 0.29) is 17.2 Å². The SMILES string of the molecule is Cc1nc(N)nc(-c2ccccc2OCCC(C)C)c1C(=O)O. The number of rotatable bonds is 6. The Labute approximate surface area is 135 Å². The number of anilines is 1. The summed E-state index contributed by atoms with van der Waals surface area (Å²) in [6.07, 6.45) is 0.908. The highest BCUT2D eigenvalue weighted by Crippen LogP contribution is 2.32. The third-order valence-electron chi connectivity index (χ3n) is 3.42. The van der Waals surface area contributed by atoms with Crippen molar-refractivity contribution in [2.24, 2.45) is 5.92 Å². The van der Waals surface area contributed by atoms with Crippen molar-refractivity contribution in [2.45, 2.75) is 27.2 Å². The summed E-state index contributed by atoms with van der Waals surface area (Å²) in [6, 6.07) is 7.23. The van der Waals surface area contributed by atoms with Crippen LogP contribution in [0.1, 0.15) is 36.3 Å². The minimum Gasteiger partial charge on any atom is -0.493 e. The first-order chi connectivity index (χ1) is 10.9. The summed E-state index contributed by atoms with van der Waals surface area (Å²) in [4.78, 5) is 19.7. The van der Waals surface area contributed by atoms with Crippen LogP contribution in [0.5, 0.6) is 5.75 Å². The Bertz CT molecular complexity index is 714. The molecule has 0 aliphatic rings. The number of benzene rings is 1. The molecular weight excluding hydrogens is 294 g/mol. The minimum atomic E-state index is -1.09. The maximum atomic E-state index is 11.6. The lowest BCUT2D eigenvalue weighted by Crippen LogP contribution is -2.10. The van der Waals surface area contributed by atoms with E-state index in [0.29, 0.717) is 29.5 Å². The Hall–Kier alpha value is -2.63. The van der Waals surface area contributed by atoms with Crippen LogP contribution < -0.4 is 10.5 Å². The molecule has 0 aliphatic heterocycles. The number of hydrogen-bond donors (Lipinski definition) is 2. The maximum absolute atomic E-state index is 11.6. The van der Waals surface area contributed by atoms with E-state index >= 15 is 0 Å². The number of carbonyl (C=O) groups is 1. The fraction of sp³-hybridized carbons (Fsp3) is 0.353. The van der Waals surface area contributed by atoms with Crippen molar-refractivity contribution in [1.82, 2.24) is 9.97 Å². The van der Waals surface area contributed by atoms with Crippen LogP contribution in [0.25, 0.3) is 11.3 Å². The van der Waals surface area contributed by atoms with Gasteiger partial charge in [0.15, 0.2) is 0 Å². The first-order valence-corrected chi connectivity index (χ1v) is 7.49. The topological polar surface area (TPSA) is 98.3 Å². The number of hydrogen-bond acceptors (Lipinski definition) is 5. The summed E-state index contributed by atoms with van der Waals surface area (Å²) < 4.78 is 5.82. The quantitative estimate of drug-likeness (QED) is 0.849. The molecule has 0 aliphatic carbocycles. The third kappa shape index (κ3) is 3.97. The Morgan fingerprint density at radius 1 is 1.30 bits per heavy atom. The lowest BCUT2D eigenvalue weighted by atomic mass is 10.0. The molecule has 6 heteroatoms. The van der Waals surface area contributed by atoms with Gasteiger partial charge in [0.25, 0.3) is 0 Å². The monoisotopic (exact) mass is 315 g/mol. The smallest absolute Gasteiger partial charge is 0.339 e. The Kier molecular flexibility index (Phi) is 5.16. The molecular formula is C17H21N3O3. The number of ether oxygens (including phenoxy) is 1. The number of aryl methyl sites for hydroxylation is 1. The summed E-state index contributed by atoms with van der Waals surface area (Å²) in [6.45, 7) is 6.39. The molecule has 1 heterocycles. The Morgan fingerprint density at radius 3 is 2.65 bits per heavy atom. The van der Waals surface area contributed by atoms with Crippen molar-refractivity contribution in [2.75, 3.05) is 12.3 Å². The lowest BCUT2D eigenvalue weighted by Gasteiger charge is -2.14. The van der Waals surface area contributed by atoms with E-state index in [0.717, 1.165) is 6.42 Å². The van der Waals surface area contributed by atoms with Crippen molar-refractivity contribution in [3.63, 3.8) is 0 Å². The van der Waals surface area contributed by atoms with Crippen LogP contribution in [0.2, 0.25) is 0 Å². The maximum Gasteiger partial charge on any atom is 0.339 e. The summed E-state index contributed by atoms with van der Waals surface area (Å²) in [5, 5.41) is 9.48. The van der Waals surface area contributed by atoms with Gasteiger partial charge in [0.2, 0.25) is 5.95 Å². The summed E-state index contributed by atoms with van der Waals surface area (Å²) in [5.74, 6) is 0.0656. The Morgan fingerprint density at radius 2 is 2.00 bits per heavy atom.